The molecule has 18 heavy (non-hydrogen) atoms. The largest absolute Gasteiger partial charge is 0.351 e. The van der Waals surface area contributed by atoms with Crippen molar-refractivity contribution in [1.29, 1.82) is 0 Å². The van der Waals surface area contributed by atoms with E-state index in [1.807, 2.05) is 7.05 Å². The van der Waals surface area contributed by atoms with Crippen molar-refractivity contribution in [3.63, 3.8) is 0 Å². The summed E-state index contributed by atoms with van der Waals surface area (Å²) in [5.74, 6) is 0.372. The molecule has 0 spiro atoms. The molecule has 1 fully saturated rings. The van der Waals surface area contributed by atoms with Crippen LogP contribution in [-0.2, 0) is 11.3 Å². The standard InChI is InChI=1S/C14H19FN2O/c1-10-7-13(17(2)9-10)14(18)16-8-11-3-5-12(15)6-4-11/h3-6,10,13H,7-9H2,1-2H3,(H,16,18). The Bertz CT molecular complexity index is 418. The fraction of sp³-hybridized carbons (Fsp3) is 0.500. The molecule has 1 aromatic carbocycles. The maximum absolute atomic E-state index is 12.7. The van der Waals surface area contributed by atoms with Crippen molar-refractivity contribution in [1.82, 2.24) is 10.2 Å². The van der Waals surface area contributed by atoms with Crippen LogP contribution in [0.15, 0.2) is 24.3 Å². The number of benzene rings is 1. The third-order valence-electron chi connectivity index (χ3n) is 3.44. The van der Waals surface area contributed by atoms with E-state index in [9.17, 15) is 9.18 Å². The molecule has 2 unspecified atom stereocenters. The van der Waals surface area contributed by atoms with Gasteiger partial charge in [0.15, 0.2) is 0 Å². The number of hydrogen-bond acceptors (Lipinski definition) is 2. The van der Waals surface area contributed by atoms with Gasteiger partial charge < -0.3 is 5.32 Å². The van der Waals surface area contributed by atoms with E-state index in [0.717, 1.165) is 18.5 Å². The number of carbonyl (C=O) groups is 1. The van der Waals surface area contributed by atoms with E-state index in [4.69, 9.17) is 0 Å². The minimum Gasteiger partial charge on any atom is -0.351 e. The molecule has 98 valence electrons. The molecule has 0 aliphatic carbocycles. The number of rotatable bonds is 3. The fourth-order valence-corrected chi connectivity index (χ4v) is 2.47. The molecule has 2 atom stereocenters. The zero-order chi connectivity index (χ0) is 13.1. The maximum Gasteiger partial charge on any atom is 0.237 e. The summed E-state index contributed by atoms with van der Waals surface area (Å²) in [5.41, 5.74) is 0.915. The molecule has 0 radical (unpaired) electrons. The molecule has 4 heteroatoms. The number of nitrogens with zero attached hydrogens (tertiary/aromatic N) is 1. The summed E-state index contributed by atoms with van der Waals surface area (Å²) in [5, 5.41) is 2.91. The third-order valence-corrected chi connectivity index (χ3v) is 3.44. The minimum absolute atomic E-state index is 0.0274. The molecule has 1 saturated heterocycles. The van der Waals surface area contributed by atoms with Crippen LogP contribution in [0, 0.1) is 11.7 Å². The van der Waals surface area contributed by atoms with Gasteiger partial charge in [-0.05, 0) is 37.1 Å². The molecule has 1 aromatic rings. The lowest BCUT2D eigenvalue weighted by atomic mass is 10.1. The Balaban J connectivity index is 1.86. The highest BCUT2D eigenvalue weighted by Crippen LogP contribution is 2.20. The van der Waals surface area contributed by atoms with Gasteiger partial charge in [-0.15, -0.1) is 0 Å². The van der Waals surface area contributed by atoms with Crippen LogP contribution >= 0.6 is 0 Å². The molecular formula is C14H19FN2O. The fourth-order valence-electron chi connectivity index (χ4n) is 2.47. The lowest BCUT2D eigenvalue weighted by molar-refractivity contribution is -0.125. The number of carbonyl (C=O) groups excluding carboxylic acids is 1. The number of likely N-dealkylation sites (N-methyl/N-ethyl adjacent to an activating group) is 1. The summed E-state index contributed by atoms with van der Waals surface area (Å²) in [6, 6.07) is 6.17. The van der Waals surface area contributed by atoms with E-state index in [1.165, 1.54) is 12.1 Å². The van der Waals surface area contributed by atoms with Gasteiger partial charge in [0.2, 0.25) is 5.91 Å². The Kier molecular flexibility index (Phi) is 3.97. The number of likely N-dealkylation sites (tertiary alicyclic amines) is 1. The minimum atomic E-state index is -0.255. The van der Waals surface area contributed by atoms with Gasteiger partial charge in [0.05, 0.1) is 6.04 Å². The van der Waals surface area contributed by atoms with Crippen molar-refractivity contribution >= 4 is 5.91 Å². The van der Waals surface area contributed by atoms with Crippen molar-refractivity contribution in [2.24, 2.45) is 5.92 Å². The molecule has 1 aliphatic rings. The average molecular weight is 250 g/mol. The predicted molar refractivity (Wildman–Crippen MR) is 68.4 cm³/mol. The van der Waals surface area contributed by atoms with Crippen LogP contribution in [0.2, 0.25) is 0 Å². The second-order valence-corrected chi connectivity index (χ2v) is 5.14. The quantitative estimate of drug-likeness (QED) is 0.887. The first-order valence-corrected chi connectivity index (χ1v) is 6.28. The monoisotopic (exact) mass is 250 g/mol. The predicted octanol–water partition coefficient (Wildman–Crippen LogP) is 1.78. The van der Waals surface area contributed by atoms with Gasteiger partial charge in [-0.1, -0.05) is 19.1 Å². The van der Waals surface area contributed by atoms with E-state index in [2.05, 4.69) is 17.1 Å². The normalized spacial score (nSPS) is 24.2. The summed E-state index contributed by atoms with van der Waals surface area (Å²) < 4.78 is 12.7. The summed E-state index contributed by atoms with van der Waals surface area (Å²) in [6.45, 7) is 3.58. The molecule has 1 N–H and O–H groups in total. The molecule has 1 heterocycles. The number of nitrogens with one attached hydrogen (secondary N) is 1. The smallest absolute Gasteiger partial charge is 0.237 e. The maximum atomic E-state index is 12.7. The second-order valence-electron chi connectivity index (χ2n) is 5.14. The lowest BCUT2D eigenvalue weighted by Crippen LogP contribution is -2.41. The first-order chi connectivity index (χ1) is 8.56. The highest BCUT2D eigenvalue weighted by molar-refractivity contribution is 5.82. The van der Waals surface area contributed by atoms with Crippen LogP contribution in [0.4, 0.5) is 4.39 Å². The van der Waals surface area contributed by atoms with Crippen LogP contribution in [0.3, 0.4) is 0 Å². The third kappa shape index (κ3) is 3.07. The summed E-state index contributed by atoms with van der Waals surface area (Å²) in [4.78, 5) is 14.1. The highest BCUT2D eigenvalue weighted by Gasteiger charge is 2.31. The van der Waals surface area contributed by atoms with Crippen LogP contribution < -0.4 is 5.32 Å². The van der Waals surface area contributed by atoms with Gasteiger partial charge in [-0.25, -0.2) is 4.39 Å². The summed E-state index contributed by atoms with van der Waals surface area (Å²) in [6.07, 6.45) is 0.908. The molecule has 0 aromatic heterocycles. The van der Waals surface area contributed by atoms with Crippen LogP contribution in [0.1, 0.15) is 18.9 Å². The van der Waals surface area contributed by atoms with E-state index in [1.54, 1.807) is 12.1 Å². The molecule has 3 nitrogen and oxygen atoms in total. The Hall–Kier alpha value is -1.42. The Labute approximate surface area is 107 Å². The van der Waals surface area contributed by atoms with Crippen LogP contribution in [-0.4, -0.2) is 30.4 Å². The Morgan fingerprint density at radius 2 is 2.11 bits per heavy atom. The van der Waals surface area contributed by atoms with Gasteiger partial charge in [-0.2, -0.15) is 0 Å². The van der Waals surface area contributed by atoms with E-state index >= 15 is 0 Å². The molecule has 1 aliphatic heterocycles. The molecule has 1 amide bonds. The van der Waals surface area contributed by atoms with E-state index in [-0.39, 0.29) is 17.8 Å². The van der Waals surface area contributed by atoms with Gasteiger partial charge >= 0.3 is 0 Å². The van der Waals surface area contributed by atoms with Crippen LogP contribution in [0.5, 0.6) is 0 Å². The first-order valence-electron chi connectivity index (χ1n) is 6.28. The van der Waals surface area contributed by atoms with Crippen molar-refractivity contribution in [2.45, 2.75) is 25.9 Å². The SMILES string of the molecule is CC1CC(C(=O)NCc2ccc(F)cc2)N(C)C1. The van der Waals surface area contributed by atoms with Crippen molar-refractivity contribution in [3.8, 4) is 0 Å². The second kappa shape index (κ2) is 5.48. The highest BCUT2D eigenvalue weighted by atomic mass is 19.1. The van der Waals surface area contributed by atoms with Gasteiger partial charge in [0.1, 0.15) is 5.82 Å². The Morgan fingerprint density at radius 1 is 1.44 bits per heavy atom. The summed E-state index contributed by atoms with van der Waals surface area (Å²) in [7, 11) is 1.98. The average Bonchev–Trinajstić information content (AvgIpc) is 2.67. The molecule has 2 rings (SSSR count). The summed E-state index contributed by atoms with van der Waals surface area (Å²) >= 11 is 0. The number of amides is 1. The van der Waals surface area contributed by atoms with Gasteiger partial charge in [0.25, 0.3) is 0 Å². The molecule has 0 saturated carbocycles. The van der Waals surface area contributed by atoms with E-state index in [0.29, 0.717) is 12.5 Å². The lowest BCUT2D eigenvalue weighted by Gasteiger charge is -2.18. The van der Waals surface area contributed by atoms with Crippen molar-refractivity contribution < 1.29 is 9.18 Å². The zero-order valence-corrected chi connectivity index (χ0v) is 10.8. The van der Waals surface area contributed by atoms with Crippen LogP contribution in [0.25, 0.3) is 0 Å². The Morgan fingerprint density at radius 3 is 2.67 bits per heavy atom. The zero-order valence-electron chi connectivity index (χ0n) is 10.8. The van der Waals surface area contributed by atoms with Gasteiger partial charge in [0, 0.05) is 13.1 Å². The topological polar surface area (TPSA) is 32.3 Å². The van der Waals surface area contributed by atoms with Crippen molar-refractivity contribution in [3.05, 3.63) is 35.6 Å². The van der Waals surface area contributed by atoms with Crippen molar-refractivity contribution in [2.75, 3.05) is 13.6 Å². The van der Waals surface area contributed by atoms with E-state index < -0.39 is 0 Å². The molecular weight excluding hydrogens is 231 g/mol. The first kappa shape index (κ1) is 13.0. The molecule has 0 bridgehead atoms. The van der Waals surface area contributed by atoms with Gasteiger partial charge in [-0.3, -0.25) is 9.69 Å². The number of hydrogen-bond donors (Lipinski definition) is 1. The number of halogens is 1.